The number of aliphatic hydroxyl groups is 2. The zero-order valence-corrected chi connectivity index (χ0v) is 19.6. The zero-order chi connectivity index (χ0) is 23.4. The van der Waals surface area contributed by atoms with E-state index in [0.717, 1.165) is 16.7 Å². The molecule has 6 atom stereocenters. The van der Waals surface area contributed by atoms with E-state index in [9.17, 15) is 15.0 Å². The number of allylic oxidation sites excluding steroid dienone is 2. The summed E-state index contributed by atoms with van der Waals surface area (Å²) in [5.74, 6) is -2.07. The Kier molecular flexibility index (Phi) is 5.80. The second-order valence-electron chi connectivity index (χ2n) is 9.46. The quantitative estimate of drug-likeness (QED) is 0.474. The average molecular weight is 447 g/mol. The first-order valence-electron chi connectivity index (χ1n) is 11.4. The Bertz CT molecular complexity index is 925. The molecule has 0 saturated carbocycles. The van der Waals surface area contributed by atoms with Crippen LogP contribution >= 0.6 is 0 Å². The molecule has 2 aliphatic carbocycles. The Morgan fingerprint density at radius 3 is 2.72 bits per heavy atom. The van der Waals surface area contributed by atoms with E-state index in [1.807, 2.05) is 27.7 Å². The molecule has 7 nitrogen and oxygen atoms in total. The van der Waals surface area contributed by atoms with Gasteiger partial charge in [0.2, 0.25) is 0 Å². The summed E-state index contributed by atoms with van der Waals surface area (Å²) in [6, 6.07) is 0. The summed E-state index contributed by atoms with van der Waals surface area (Å²) in [5.41, 5.74) is 1.62. The van der Waals surface area contributed by atoms with Crippen LogP contribution in [0.2, 0.25) is 0 Å². The van der Waals surface area contributed by atoms with Crippen LogP contribution in [-0.2, 0) is 23.7 Å². The van der Waals surface area contributed by atoms with Crippen molar-refractivity contribution in [3.63, 3.8) is 0 Å². The lowest BCUT2D eigenvalue weighted by Crippen LogP contribution is -2.55. The van der Waals surface area contributed by atoms with Crippen LogP contribution in [0.25, 0.3) is 0 Å². The zero-order valence-electron chi connectivity index (χ0n) is 19.6. The molecule has 2 aliphatic heterocycles. The van der Waals surface area contributed by atoms with Crippen LogP contribution in [0.4, 0.5) is 0 Å². The van der Waals surface area contributed by atoms with Gasteiger partial charge in [-0.15, -0.1) is 0 Å². The van der Waals surface area contributed by atoms with E-state index in [1.54, 1.807) is 13.0 Å². The molecule has 6 unspecified atom stereocenters. The van der Waals surface area contributed by atoms with Gasteiger partial charge in [-0.1, -0.05) is 13.5 Å². The van der Waals surface area contributed by atoms with Gasteiger partial charge in [-0.25, -0.2) is 0 Å². The van der Waals surface area contributed by atoms with E-state index >= 15 is 0 Å². The van der Waals surface area contributed by atoms with Gasteiger partial charge in [0.05, 0.1) is 37.6 Å². The maximum absolute atomic E-state index is 12.7. The Morgan fingerprint density at radius 1 is 1.34 bits per heavy atom. The van der Waals surface area contributed by atoms with Crippen molar-refractivity contribution in [2.75, 3.05) is 26.4 Å². The molecular formula is C25H34O7. The number of ether oxygens (including phenoxy) is 4. The molecule has 2 saturated heterocycles. The van der Waals surface area contributed by atoms with Gasteiger partial charge >= 0.3 is 5.97 Å². The van der Waals surface area contributed by atoms with Crippen LogP contribution in [-0.4, -0.2) is 48.4 Å². The summed E-state index contributed by atoms with van der Waals surface area (Å²) in [4.78, 5) is 12.7. The van der Waals surface area contributed by atoms with Crippen molar-refractivity contribution in [2.45, 2.75) is 46.8 Å². The summed E-state index contributed by atoms with van der Waals surface area (Å²) < 4.78 is 23.5. The van der Waals surface area contributed by atoms with Crippen LogP contribution in [0, 0.1) is 29.1 Å². The number of carbonyl (C=O) groups excluding carboxylic acids is 1. The number of carbonyl (C=O) groups is 1. The molecule has 2 heterocycles. The number of hydrogen-bond acceptors (Lipinski definition) is 7. The molecule has 2 N–H and O–H groups in total. The lowest BCUT2D eigenvalue weighted by molar-refractivity contribution is -0.177. The van der Waals surface area contributed by atoms with Gasteiger partial charge in [-0.3, -0.25) is 4.79 Å². The lowest BCUT2D eigenvalue weighted by atomic mass is 9.51. The van der Waals surface area contributed by atoms with Gasteiger partial charge in [-0.05, 0) is 56.4 Å². The molecule has 0 bridgehead atoms. The highest BCUT2D eigenvalue weighted by Gasteiger charge is 2.69. The number of hydrogen-bond donors (Lipinski definition) is 2. The number of aliphatic hydroxyl groups excluding tert-OH is 1. The van der Waals surface area contributed by atoms with Crippen LogP contribution < -0.4 is 0 Å². The minimum absolute atomic E-state index is 0.0668. The standard InChI is InChI=1S/C25H34O7/c1-7-29-11-14(4)16-10-18(27)32-23-15(5)19-13(3)9-17(26)21(30-8-2)20(19)22-24(6,28)31-12-25(16,22)23/h9,13,16,19,22,26,28H,4,7-8,10-12H2,1-3,5-6H3. The Balaban J connectivity index is 2.01. The lowest BCUT2D eigenvalue weighted by Gasteiger charge is -2.54. The largest absolute Gasteiger partial charge is 0.504 e. The summed E-state index contributed by atoms with van der Waals surface area (Å²) in [5, 5.41) is 22.3. The minimum atomic E-state index is -1.55. The third-order valence-corrected chi connectivity index (χ3v) is 7.47. The predicted octanol–water partition coefficient (Wildman–Crippen LogP) is 3.77. The van der Waals surface area contributed by atoms with Gasteiger partial charge < -0.3 is 29.2 Å². The third-order valence-electron chi connectivity index (χ3n) is 7.47. The molecule has 4 rings (SSSR count). The molecule has 32 heavy (non-hydrogen) atoms. The smallest absolute Gasteiger partial charge is 0.311 e. The number of fused-ring (bicyclic) bond motifs is 2. The molecule has 0 aromatic rings. The van der Waals surface area contributed by atoms with Crippen LogP contribution in [0.1, 0.15) is 41.0 Å². The summed E-state index contributed by atoms with van der Waals surface area (Å²) >= 11 is 0. The highest BCUT2D eigenvalue weighted by atomic mass is 16.6. The van der Waals surface area contributed by atoms with Crippen molar-refractivity contribution in [2.24, 2.45) is 29.1 Å². The fraction of sp³-hybridized carbons (Fsp3) is 0.640. The van der Waals surface area contributed by atoms with Crippen molar-refractivity contribution in [3.05, 3.63) is 46.7 Å². The molecule has 0 radical (unpaired) electrons. The van der Waals surface area contributed by atoms with Crippen LogP contribution in [0.3, 0.4) is 0 Å². The van der Waals surface area contributed by atoms with E-state index in [1.165, 1.54) is 0 Å². The molecule has 1 spiro atoms. The molecule has 0 amide bonds. The second kappa shape index (κ2) is 8.04. The van der Waals surface area contributed by atoms with Crippen molar-refractivity contribution in [1.82, 2.24) is 0 Å². The van der Waals surface area contributed by atoms with E-state index in [2.05, 4.69) is 6.58 Å². The van der Waals surface area contributed by atoms with Gasteiger partial charge in [-0.2, -0.15) is 0 Å². The van der Waals surface area contributed by atoms with Crippen molar-refractivity contribution < 1.29 is 34.0 Å². The van der Waals surface area contributed by atoms with Gasteiger partial charge in [0, 0.05) is 18.4 Å². The summed E-state index contributed by atoms with van der Waals surface area (Å²) in [7, 11) is 0. The molecule has 176 valence electrons. The van der Waals surface area contributed by atoms with Crippen molar-refractivity contribution in [3.8, 4) is 0 Å². The average Bonchev–Trinajstić information content (AvgIpc) is 3.01. The summed E-state index contributed by atoms with van der Waals surface area (Å²) in [6.07, 6.45) is 1.88. The van der Waals surface area contributed by atoms with Crippen LogP contribution in [0.5, 0.6) is 0 Å². The topological polar surface area (TPSA) is 94.5 Å². The first-order valence-corrected chi connectivity index (χ1v) is 11.4. The van der Waals surface area contributed by atoms with Crippen molar-refractivity contribution >= 4 is 5.97 Å². The highest BCUT2D eigenvalue weighted by Crippen LogP contribution is 2.67. The van der Waals surface area contributed by atoms with Crippen LogP contribution in [0.15, 0.2) is 46.7 Å². The summed E-state index contributed by atoms with van der Waals surface area (Å²) in [6.45, 7) is 15.0. The molecule has 7 heteroatoms. The molecular weight excluding hydrogens is 412 g/mol. The molecule has 4 aliphatic rings. The molecule has 2 fully saturated rings. The van der Waals surface area contributed by atoms with E-state index < -0.39 is 17.1 Å². The number of esters is 1. The monoisotopic (exact) mass is 446 g/mol. The first-order chi connectivity index (χ1) is 15.1. The molecule has 0 aromatic heterocycles. The Morgan fingerprint density at radius 2 is 2.06 bits per heavy atom. The minimum Gasteiger partial charge on any atom is -0.504 e. The number of rotatable bonds is 6. The SMILES string of the molecule is C=C(COCC)C1CC(=O)OC2=C(C)C3C(=C(OCC)C(O)=CC3C)C3C(C)(O)OCC213. The molecule has 0 aromatic carbocycles. The normalized spacial score (nSPS) is 38.6. The van der Waals surface area contributed by atoms with E-state index in [-0.39, 0.29) is 42.5 Å². The maximum atomic E-state index is 12.7. The second-order valence-corrected chi connectivity index (χ2v) is 9.46. The fourth-order valence-electron chi connectivity index (χ4n) is 6.40. The first kappa shape index (κ1) is 23.1. The maximum Gasteiger partial charge on any atom is 0.311 e. The van der Waals surface area contributed by atoms with Gasteiger partial charge in [0.1, 0.15) is 5.76 Å². The van der Waals surface area contributed by atoms with Crippen molar-refractivity contribution in [1.29, 1.82) is 0 Å². The predicted molar refractivity (Wildman–Crippen MR) is 117 cm³/mol. The highest BCUT2D eigenvalue weighted by molar-refractivity contribution is 5.74. The Hall–Kier alpha value is -2.09. The Labute approximate surface area is 189 Å². The van der Waals surface area contributed by atoms with E-state index in [0.29, 0.717) is 31.3 Å². The fourth-order valence-corrected chi connectivity index (χ4v) is 6.40. The van der Waals surface area contributed by atoms with E-state index in [4.69, 9.17) is 18.9 Å². The third kappa shape index (κ3) is 3.17. The van der Waals surface area contributed by atoms with Gasteiger partial charge in [0.25, 0.3) is 0 Å². The van der Waals surface area contributed by atoms with Gasteiger partial charge in [0.15, 0.2) is 17.3 Å².